The number of nitro groups is 1. The van der Waals surface area contributed by atoms with E-state index in [1.54, 1.807) is 17.6 Å². The SMILES string of the molecule is Cc1nc(-c2ccc(OC(=O)c3ccc(-n4ccnc4)c([N+](=O)[O-])c3)c(F)c2)cs1. The minimum absolute atomic E-state index is 0.0795. The van der Waals surface area contributed by atoms with Crippen LogP contribution in [0.4, 0.5) is 10.1 Å². The van der Waals surface area contributed by atoms with Crippen molar-refractivity contribution in [1.29, 1.82) is 0 Å². The van der Waals surface area contributed by atoms with Gasteiger partial charge in [0, 0.05) is 29.4 Å². The molecular formula is C20H13FN4O4S. The average Bonchev–Trinajstić information content (AvgIpc) is 3.41. The number of carbonyl (C=O) groups excluding carboxylic acids is 1. The lowest BCUT2D eigenvalue weighted by atomic mass is 10.1. The van der Waals surface area contributed by atoms with Crippen LogP contribution >= 0.6 is 11.3 Å². The van der Waals surface area contributed by atoms with E-state index in [4.69, 9.17) is 4.74 Å². The Labute approximate surface area is 173 Å². The second kappa shape index (κ2) is 7.84. The van der Waals surface area contributed by atoms with Crippen LogP contribution in [0.1, 0.15) is 15.4 Å². The molecule has 2 aromatic heterocycles. The lowest BCUT2D eigenvalue weighted by molar-refractivity contribution is -0.384. The van der Waals surface area contributed by atoms with Gasteiger partial charge in [-0.1, -0.05) is 0 Å². The summed E-state index contributed by atoms with van der Waals surface area (Å²) in [6, 6.07) is 8.00. The van der Waals surface area contributed by atoms with Crippen LogP contribution in [0.15, 0.2) is 60.5 Å². The first-order chi connectivity index (χ1) is 14.4. The minimum Gasteiger partial charge on any atom is -0.420 e. The van der Waals surface area contributed by atoms with Crippen molar-refractivity contribution in [2.45, 2.75) is 6.92 Å². The van der Waals surface area contributed by atoms with Gasteiger partial charge in [0.25, 0.3) is 5.69 Å². The molecule has 0 atom stereocenters. The summed E-state index contributed by atoms with van der Waals surface area (Å²) in [6.45, 7) is 1.85. The number of hydrogen-bond donors (Lipinski definition) is 0. The van der Waals surface area contributed by atoms with Crippen molar-refractivity contribution in [2.75, 3.05) is 0 Å². The summed E-state index contributed by atoms with van der Waals surface area (Å²) in [6.07, 6.45) is 4.42. The molecule has 0 saturated carbocycles. The van der Waals surface area contributed by atoms with E-state index in [1.807, 2.05) is 6.92 Å². The number of nitro benzene ring substituents is 1. The second-order valence-corrected chi connectivity index (χ2v) is 7.28. The lowest BCUT2D eigenvalue weighted by Crippen LogP contribution is -2.11. The summed E-state index contributed by atoms with van der Waals surface area (Å²) in [5.41, 5.74) is 1.03. The van der Waals surface area contributed by atoms with Gasteiger partial charge in [0.05, 0.1) is 27.5 Å². The average molecular weight is 424 g/mol. The van der Waals surface area contributed by atoms with E-state index in [-0.39, 0.29) is 22.7 Å². The summed E-state index contributed by atoms with van der Waals surface area (Å²) in [4.78, 5) is 31.4. The van der Waals surface area contributed by atoms with E-state index < -0.39 is 16.7 Å². The molecule has 10 heteroatoms. The van der Waals surface area contributed by atoms with Crippen molar-refractivity contribution in [2.24, 2.45) is 0 Å². The topological polar surface area (TPSA) is 100 Å². The fourth-order valence-corrected chi connectivity index (χ4v) is 3.44. The van der Waals surface area contributed by atoms with Gasteiger partial charge >= 0.3 is 5.97 Å². The van der Waals surface area contributed by atoms with Crippen molar-refractivity contribution >= 4 is 23.0 Å². The number of nitrogens with zero attached hydrogens (tertiary/aromatic N) is 4. The van der Waals surface area contributed by atoms with Crippen LogP contribution in [0.5, 0.6) is 5.75 Å². The first-order valence-corrected chi connectivity index (χ1v) is 9.51. The number of aromatic nitrogens is 3. The van der Waals surface area contributed by atoms with E-state index in [0.717, 1.165) is 11.1 Å². The third-order valence-electron chi connectivity index (χ3n) is 4.24. The molecule has 0 aliphatic rings. The Morgan fingerprint density at radius 1 is 1.27 bits per heavy atom. The predicted octanol–water partition coefficient (Wildman–Crippen LogP) is 4.57. The molecule has 2 heterocycles. The standard InChI is InChI=1S/C20H13FN4O4S/c1-12-23-16(10-30-12)13-3-5-19(15(21)8-13)29-20(26)14-2-4-17(18(9-14)25(27)28)24-7-6-22-11-24/h2-11H,1H3. The van der Waals surface area contributed by atoms with Crippen LogP contribution in [0.3, 0.4) is 0 Å². The van der Waals surface area contributed by atoms with Gasteiger partial charge in [-0.05, 0) is 37.3 Å². The van der Waals surface area contributed by atoms with Gasteiger partial charge in [0.1, 0.15) is 5.69 Å². The van der Waals surface area contributed by atoms with Gasteiger partial charge in [-0.25, -0.2) is 19.2 Å². The highest BCUT2D eigenvalue weighted by Gasteiger charge is 2.21. The molecule has 4 aromatic rings. The molecule has 0 radical (unpaired) electrons. The van der Waals surface area contributed by atoms with Crippen LogP contribution < -0.4 is 4.74 Å². The van der Waals surface area contributed by atoms with E-state index >= 15 is 0 Å². The zero-order chi connectivity index (χ0) is 21.3. The zero-order valence-corrected chi connectivity index (χ0v) is 16.3. The summed E-state index contributed by atoms with van der Waals surface area (Å²) in [7, 11) is 0. The van der Waals surface area contributed by atoms with E-state index in [9.17, 15) is 19.3 Å². The molecule has 0 N–H and O–H groups in total. The lowest BCUT2D eigenvalue weighted by Gasteiger charge is -2.08. The van der Waals surface area contributed by atoms with Crippen LogP contribution in [0.2, 0.25) is 0 Å². The molecule has 0 fully saturated rings. The number of imidazole rings is 1. The van der Waals surface area contributed by atoms with Gasteiger partial charge < -0.3 is 9.30 Å². The molecule has 0 amide bonds. The van der Waals surface area contributed by atoms with Gasteiger partial charge in [0.2, 0.25) is 0 Å². The molecular weight excluding hydrogens is 411 g/mol. The smallest absolute Gasteiger partial charge is 0.343 e. The third kappa shape index (κ3) is 3.80. The van der Waals surface area contributed by atoms with E-state index in [1.165, 1.54) is 52.7 Å². The van der Waals surface area contributed by atoms with Gasteiger partial charge in [-0.3, -0.25) is 10.1 Å². The second-order valence-electron chi connectivity index (χ2n) is 6.22. The Balaban J connectivity index is 1.59. The van der Waals surface area contributed by atoms with Gasteiger partial charge in [0.15, 0.2) is 11.6 Å². The van der Waals surface area contributed by atoms with Crippen LogP contribution in [0.25, 0.3) is 16.9 Å². The maximum Gasteiger partial charge on any atom is 0.343 e. The van der Waals surface area contributed by atoms with Crippen molar-refractivity contribution in [1.82, 2.24) is 14.5 Å². The summed E-state index contributed by atoms with van der Waals surface area (Å²) >= 11 is 1.44. The number of thiazole rings is 1. The van der Waals surface area contributed by atoms with E-state index in [0.29, 0.717) is 11.3 Å². The first kappa shape index (κ1) is 19.4. The highest BCUT2D eigenvalue weighted by atomic mass is 32.1. The highest BCUT2D eigenvalue weighted by molar-refractivity contribution is 7.09. The maximum atomic E-state index is 14.5. The Morgan fingerprint density at radius 2 is 2.10 bits per heavy atom. The number of halogens is 1. The Kier molecular flexibility index (Phi) is 5.07. The zero-order valence-electron chi connectivity index (χ0n) is 15.5. The van der Waals surface area contributed by atoms with Crippen molar-refractivity contribution in [3.8, 4) is 22.7 Å². The summed E-state index contributed by atoms with van der Waals surface area (Å²) in [5, 5.41) is 14.1. The monoisotopic (exact) mass is 424 g/mol. The fraction of sp³-hybridized carbons (Fsp3) is 0.0500. The van der Waals surface area contributed by atoms with Crippen LogP contribution in [-0.4, -0.2) is 25.4 Å². The Morgan fingerprint density at radius 3 is 2.73 bits per heavy atom. The number of hydrogen-bond acceptors (Lipinski definition) is 7. The van der Waals surface area contributed by atoms with Crippen LogP contribution in [0, 0.1) is 22.9 Å². The molecule has 0 aliphatic heterocycles. The van der Waals surface area contributed by atoms with Crippen molar-refractivity contribution in [3.05, 3.63) is 87.0 Å². The van der Waals surface area contributed by atoms with Gasteiger partial charge in [-0.2, -0.15) is 0 Å². The number of benzene rings is 2. The largest absolute Gasteiger partial charge is 0.420 e. The predicted molar refractivity (Wildman–Crippen MR) is 107 cm³/mol. The molecule has 0 aliphatic carbocycles. The summed E-state index contributed by atoms with van der Waals surface area (Å²) in [5.74, 6) is -1.93. The molecule has 8 nitrogen and oxygen atoms in total. The van der Waals surface area contributed by atoms with Crippen molar-refractivity contribution in [3.63, 3.8) is 0 Å². The Bertz CT molecular complexity index is 1250. The molecule has 0 bridgehead atoms. The quantitative estimate of drug-likeness (QED) is 0.201. The fourth-order valence-electron chi connectivity index (χ4n) is 2.81. The molecule has 4 rings (SSSR count). The highest BCUT2D eigenvalue weighted by Crippen LogP contribution is 2.28. The third-order valence-corrected chi connectivity index (χ3v) is 5.01. The number of rotatable bonds is 5. The normalized spacial score (nSPS) is 10.7. The van der Waals surface area contributed by atoms with Crippen molar-refractivity contribution < 1.29 is 18.8 Å². The number of aryl methyl sites for hydroxylation is 1. The maximum absolute atomic E-state index is 14.5. The van der Waals surface area contributed by atoms with E-state index in [2.05, 4.69) is 9.97 Å². The molecule has 150 valence electrons. The Hall–Kier alpha value is -3.92. The molecule has 0 saturated heterocycles. The molecule has 0 spiro atoms. The van der Waals surface area contributed by atoms with Gasteiger partial charge in [-0.15, -0.1) is 11.3 Å². The first-order valence-electron chi connectivity index (χ1n) is 8.63. The number of esters is 1. The van der Waals surface area contributed by atoms with Crippen LogP contribution in [-0.2, 0) is 0 Å². The molecule has 0 unspecified atom stereocenters. The minimum atomic E-state index is -0.911. The summed E-state index contributed by atoms with van der Waals surface area (Å²) < 4.78 is 21.0. The number of carbonyl (C=O) groups is 1. The molecule has 30 heavy (non-hydrogen) atoms. The molecule has 2 aromatic carbocycles. The number of ether oxygens (including phenoxy) is 1.